The first-order chi connectivity index (χ1) is 8.10. The number of nitrogen functional groups attached to an aromatic ring is 1. The zero-order valence-corrected chi connectivity index (χ0v) is 10.5. The predicted octanol–water partition coefficient (Wildman–Crippen LogP) is 2.01. The maximum Gasteiger partial charge on any atom is 0.145 e. The molecule has 0 aromatic heterocycles. The maximum atomic E-state index is 6.43. The third-order valence-electron chi connectivity index (χ3n) is 3.61. The minimum absolute atomic E-state index is 0.256. The van der Waals surface area contributed by atoms with Crippen LogP contribution in [0.5, 0.6) is 11.5 Å². The van der Waals surface area contributed by atoms with Crippen molar-refractivity contribution < 1.29 is 9.47 Å². The van der Waals surface area contributed by atoms with Gasteiger partial charge in [-0.15, -0.1) is 0 Å². The fourth-order valence-corrected chi connectivity index (χ4v) is 2.52. The van der Waals surface area contributed by atoms with Crippen LogP contribution >= 0.6 is 0 Å². The molecule has 0 bridgehead atoms. The smallest absolute Gasteiger partial charge is 0.145 e. The van der Waals surface area contributed by atoms with Crippen molar-refractivity contribution in [1.82, 2.24) is 0 Å². The van der Waals surface area contributed by atoms with Crippen molar-refractivity contribution in [2.75, 3.05) is 20.0 Å². The molecule has 0 unspecified atom stereocenters. The highest BCUT2D eigenvalue weighted by atomic mass is 16.5. The Hall–Kier alpha value is -1.42. The van der Waals surface area contributed by atoms with Crippen molar-refractivity contribution in [1.29, 1.82) is 0 Å². The van der Waals surface area contributed by atoms with Crippen LogP contribution in [0.4, 0.5) is 5.69 Å². The van der Waals surface area contributed by atoms with E-state index in [1.165, 1.54) is 12.8 Å². The second kappa shape index (κ2) is 4.45. The topological polar surface area (TPSA) is 70.5 Å². The summed E-state index contributed by atoms with van der Waals surface area (Å²) in [5, 5.41) is 0. The van der Waals surface area contributed by atoms with Crippen LogP contribution in [0.25, 0.3) is 0 Å². The highest BCUT2D eigenvalue weighted by Gasteiger charge is 2.32. The lowest BCUT2D eigenvalue weighted by atomic mass is 9.89. The Balaban J connectivity index is 2.47. The molecule has 1 saturated carbocycles. The Morgan fingerprint density at radius 3 is 1.94 bits per heavy atom. The van der Waals surface area contributed by atoms with Crippen molar-refractivity contribution in [3.63, 3.8) is 0 Å². The van der Waals surface area contributed by atoms with Crippen LogP contribution in [0.1, 0.15) is 31.2 Å². The summed E-state index contributed by atoms with van der Waals surface area (Å²) in [6.45, 7) is 0. The van der Waals surface area contributed by atoms with Gasteiger partial charge in [0.2, 0.25) is 0 Å². The summed E-state index contributed by atoms with van der Waals surface area (Å²) in [7, 11) is 3.21. The maximum absolute atomic E-state index is 6.43. The molecule has 1 aromatic carbocycles. The van der Waals surface area contributed by atoms with E-state index in [0.717, 1.165) is 18.4 Å². The summed E-state index contributed by atoms with van der Waals surface area (Å²) in [5.41, 5.74) is 13.7. The molecule has 1 aliphatic carbocycles. The molecule has 0 amide bonds. The van der Waals surface area contributed by atoms with Crippen molar-refractivity contribution in [3.8, 4) is 11.5 Å². The molecular formula is C13H20N2O2. The van der Waals surface area contributed by atoms with Crippen LogP contribution in [-0.2, 0) is 5.54 Å². The first-order valence-corrected chi connectivity index (χ1v) is 5.91. The van der Waals surface area contributed by atoms with Gasteiger partial charge in [-0.05, 0) is 30.5 Å². The molecule has 0 radical (unpaired) electrons. The van der Waals surface area contributed by atoms with Gasteiger partial charge in [-0.25, -0.2) is 0 Å². The van der Waals surface area contributed by atoms with Gasteiger partial charge in [-0.3, -0.25) is 0 Å². The van der Waals surface area contributed by atoms with Crippen molar-refractivity contribution in [2.24, 2.45) is 5.73 Å². The molecule has 1 aromatic rings. The van der Waals surface area contributed by atoms with E-state index in [9.17, 15) is 0 Å². The molecule has 0 aliphatic heterocycles. The van der Waals surface area contributed by atoms with E-state index < -0.39 is 0 Å². The van der Waals surface area contributed by atoms with Gasteiger partial charge in [-0.1, -0.05) is 12.8 Å². The van der Waals surface area contributed by atoms with E-state index in [0.29, 0.717) is 17.2 Å². The van der Waals surface area contributed by atoms with Crippen LogP contribution in [0, 0.1) is 0 Å². The molecule has 1 fully saturated rings. The van der Waals surface area contributed by atoms with Crippen molar-refractivity contribution in [2.45, 2.75) is 31.2 Å². The lowest BCUT2D eigenvalue weighted by molar-refractivity contribution is 0.390. The normalized spacial score (nSPS) is 18.1. The van der Waals surface area contributed by atoms with Gasteiger partial charge in [-0.2, -0.15) is 0 Å². The Morgan fingerprint density at radius 1 is 1.06 bits per heavy atom. The lowest BCUT2D eigenvalue weighted by Crippen LogP contribution is -2.33. The Bertz CT molecular complexity index is 387. The zero-order chi connectivity index (χ0) is 12.5. The highest BCUT2D eigenvalue weighted by molar-refractivity contribution is 5.65. The number of hydrogen-bond donors (Lipinski definition) is 2. The number of benzene rings is 1. The average Bonchev–Trinajstić information content (AvgIpc) is 2.77. The average molecular weight is 236 g/mol. The van der Waals surface area contributed by atoms with Gasteiger partial charge in [0, 0.05) is 5.54 Å². The molecule has 17 heavy (non-hydrogen) atoms. The molecule has 1 aliphatic rings. The molecule has 4 heteroatoms. The fourth-order valence-electron chi connectivity index (χ4n) is 2.52. The highest BCUT2D eigenvalue weighted by Crippen LogP contribution is 2.42. The molecular weight excluding hydrogens is 216 g/mol. The van der Waals surface area contributed by atoms with Crippen LogP contribution in [0.2, 0.25) is 0 Å². The largest absolute Gasteiger partial charge is 0.494 e. The summed E-state index contributed by atoms with van der Waals surface area (Å²) in [6.07, 6.45) is 4.35. The summed E-state index contributed by atoms with van der Waals surface area (Å²) in [4.78, 5) is 0. The summed E-state index contributed by atoms with van der Waals surface area (Å²) in [5.74, 6) is 1.27. The van der Waals surface area contributed by atoms with Crippen LogP contribution in [0.3, 0.4) is 0 Å². The SMILES string of the molecule is COc1cc(C2(N)CCCC2)cc(OC)c1N. The van der Waals surface area contributed by atoms with E-state index >= 15 is 0 Å². The van der Waals surface area contributed by atoms with E-state index in [4.69, 9.17) is 20.9 Å². The number of hydrogen-bond acceptors (Lipinski definition) is 4. The number of ether oxygens (including phenoxy) is 2. The van der Waals surface area contributed by atoms with Gasteiger partial charge in [0.1, 0.15) is 17.2 Å². The van der Waals surface area contributed by atoms with E-state index in [1.54, 1.807) is 14.2 Å². The summed E-state index contributed by atoms with van der Waals surface area (Å²) < 4.78 is 10.5. The third-order valence-corrected chi connectivity index (χ3v) is 3.61. The van der Waals surface area contributed by atoms with Gasteiger partial charge >= 0.3 is 0 Å². The van der Waals surface area contributed by atoms with E-state index in [-0.39, 0.29) is 5.54 Å². The molecule has 94 valence electrons. The molecule has 2 rings (SSSR count). The minimum Gasteiger partial charge on any atom is -0.494 e. The third kappa shape index (κ3) is 2.05. The Kier molecular flexibility index (Phi) is 3.15. The summed E-state index contributed by atoms with van der Waals surface area (Å²) >= 11 is 0. The number of anilines is 1. The number of rotatable bonds is 3. The summed E-state index contributed by atoms with van der Waals surface area (Å²) in [6, 6.07) is 3.87. The lowest BCUT2D eigenvalue weighted by Gasteiger charge is -2.25. The van der Waals surface area contributed by atoms with Crippen LogP contribution in [-0.4, -0.2) is 14.2 Å². The van der Waals surface area contributed by atoms with E-state index in [2.05, 4.69) is 0 Å². The second-order valence-electron chi connectivity index (χ2n) is 4.66. The van der Waals surface area contributed by atoms with Crippen LogP contribution < -0.4 is 20.9 Å². The Morgan fingerprint density at radius 2 is 1.53 bits per heavy atom. The van der Waals surface area contributed by atoms with Gasteiger partial charge in [0.15, 0.2) is 0 Å². The standard InChI is InChI=1S/C13H20N2O2/c1-16-10-7-9(8-11(17-2)12(10)14)13(15)5-3-4-6-13/h7-8H,3-6,14-15H2,1-2H3. The zero-order valence-electron chi connectivity index (χ0n) is 10.5. The van der Waals surface area contributed by atoms with Gasteiger partial charge < -0.3 is 20.9 Å². The molecule has 0 atom stereocenters. The molecule has 0 spiro atoms. The van der Waals surface area contributed by atoms with Gasteiger partial charge in [0.05, 0.1) is 14.2 Å². The van der Waals surface area contributed by atoms with Crippen molar-refractivity contribution in [3.05, 3.63) is 17.7 Å². The van der Waals surface area contributed by atoms with Gasteiger partial charge in [0.25, 0.3) is 0 Å². The van der Waals surface area contributed by atoms with E-state index in [1.807, 2.05) is 12.1 Å². The number of nitrogens with two attached hydrogens (primary N) is 2. The fraction of sp³-hybridized carbons (Fsp3) is 0.538. The van der Waals surface area contributed by atoms with Crippen molar-refractivity contribution >= 4 is 5.69 Å². The quantitative estimate of drug-likeness (QED) is 0.788. The first-order valence-electron chi connectivity index (χ1n) is 5.91. The number of methoxy groups -OCH3 is 2. The first kappa shape index (κ1) is 12.0. The monoisotopic (exact) mass is 236 g/mol. The molecule has 4 nitrogen and oxygen atoms in total. The molecule has 0 heterocycles. The predicted molar refractivity (Wildman–Crippen MR) is 68.3 cm³/mol. The molecule has 4 N–H and O–H groups in total. The Labute approximate surface area is 102 Å². The molecule has 0 saturated heterocycles. The second-order valence-corrected chi connectivity index (χ2v) is 4.66. The minimum atomic E-state index is -0.256. The van der Waals surface area contributed by atoms with Crippen LogP contribution in [0.15, 0.2) is 12.1 Å².